The Labute approximate surface area is 140 Å². The Balaban J connectivity index is 1.82. The fraction of sp³-hybridized carbons (Fsp3) is 0.850. The molecule has 3 nitrogen and oxygen atoms in total. The quantitative estimate of drug-likeness (QED) is 0.597. The van der Waals surface area contributed by atoms with Gasteiger partial charge in [-0.15, -0.1) is 0 Å². The number of carboxylic acid groups (broad SMARTS) is 1. The molecule has 3 aliphatic rings. The van der Waals surface area contributed by atoms with Gasteiger partial charge in [-0.05, 0) is 62.7 Å². The molecule has 1 aliphatic heterocycles. The summed E-state index contributed by atoms with van der Waals surface area (Å²) in [4.78, 5) is 10.9. The molecule has 5 atom stereocenters. The van der Waals surface area contributed by atoms with Gasteiger partial charge in [0.05, 0.1) is 12.2 Å². The van der Waals surface area contributed by atoms with Crippen molar-refractivity contribution in [2.75, 3.05) is 6.61 Å². The molecule has 130 valence electrons. The molecule has 1 heterocycles. The van der Waals surface area contributed by atoms with Crippen LogP contribution in [0.15, 0.2) is 11.6 Å². The first-order valence-corrected chi connectivity index (χ1v) is 9.28. The molecule has 0 aromatic heterocycles. The van der Waals surface area contributed by atoms with E-state index in [9.17, 15) is 4.79 Å². The maximum Gasteiger partial charge on any atom is 0.328 e. The molecule has 0 unspecified atom stereocenters. The molecular formula is C20H32O3. The Kier molecular flexibility index (Phi) is 4.15. The van der Waals surface area contributed by atoms with Crippen molar-refractivity contribution in [3.8, 4) is 0 Å². The number of epoxide rings is 1. The van der Waals surface area contributed by atoms with E-state index < -0.39 is 5.97 Å². The molecule has 1 spiro atoms. The molecule has 2 aliphatic carbocycles. The molecule has 1 saturated heterocycles. The second-order valence-electron chi connectivity index (χ2n) is 8.92. The molecule has 0 bridgehead atoms. The largest absolute Gasteiger partial charge is 0.478 e. The van der Waals surface area contributed by atoms with E-state index in [1.807, 2.05) is 6.92 Å². The SMILES string of the molecule is C/C(=C\C(=O)O)CC[C@]1(C)[C@@H](C)CC[C@@]2(C)[C@H]1CCC[C@@]21CO1. The predicted molar refractivity (Wildman–Crippen MR) is 91.3 cm³/mol. The van der Waals surface area contributed by atoms with Crippen LogP contribution in [0.5, 0.6) is 0 Å². The molecule has 3 rings (SSSR count). The van der Waals surface area contributed by atoms with Gasteiger partial charge in [-0.3, -0.25) is 0 Å². The summed E-state index contributed by atoms with van der Waals surface area (Å²) in [6.07, 6.45) is 9.77. The van der Waals surface area contributed by atoms with Crippen LogP contribution in [0.3, 0.4) is 0 Å². The van der Waals surface area contributed by atoms with Gasteiger partial charge in [0.1, 0.15) is 0 Å². The zero-order chi connectivity index (χ0) is 16.9. The van der Waals surface area contributed by atoms with Gasteiger partial charge in [-0.25, -0.2) is 4.79 Å². The van der Waals surface area contributed by atoms with Gasteiger partial charge < -0.3 is 9.84 Å². The lowest BCUT2D eigenvalue weighted by Gasteiger charge is -2.60. The van der Waals surface area contributed by atoms with Crippen molar-refractivity contribution in [2.24, 2.45) is 22.7 Å². The number of hydrogen-bond donors (Lipinski definition) is 1. The maximum absolute atomic E-state index is 10.9. The smallest absolute Gasteiger partial charge is 0.328 e. The van der Waals surface area contributed by atoms with Gasteiger partial charge in [0, 0.05) is 11.5 Å². The van der Waals surface area contributed by atoms with Gasteiger partial charge in [0.15, 0.2) is 0 Å². The highest BCUT2D eigenvalue weighted by molar-refractivity contribution is 5.80. The third-order valence-corrected chi connectivity index (χ3v) is 7.82. The normalized spacial score (nSPS) is 46.5. The summed E-state index contributed by atoms with van der Waals surface area (Å²) >= 11 is 0. The molecule has 23 heavy (non-hydrogen) atoms. The number of allylic oxidation sites excluding steroid dienone is 1. The Hall–Kier alpha value is -0.830. The minimum atomic E-state index is -0.822. The van der Waals surface area contributed by atoms with Crippen molar-refractivity contribution < 1.29 is 14.6 Å². The van der Waals surface area contributed by atoms with Crippen molar-refractivity contribution in [2.45, 2.75) is 78.2 Å². The van der Waals surface area contributed by atoms with E-state index in [0.717, 1.165) is 25.0 Å². The fourth-order valence-corrected chi connectivity index (χ4v) is 5.89. The highest BCUT2D eigenvalue weighted by atomic mass is 16.6. The third kappa shape index (κ3) is 2.65. The van der Waals surface area contributed by atoms with E-state index in [1.165, 1.54) is 38.2 Å². The number of hydrogen-bond acceptors (Lipinski definition) is 2. The standard InChI is InChI=1S/C20H32O3/c1-14(12-17(21)22)7-10-18(3)15(2)8-11-19(4)16(18)6-5-9-20(19)13-23-20/h12,15-16H,5-11,13H2,1-4H3,(H,21,22)/b14-12+/t15-,16-,18+,19-,20+/m0/s1. The predicted octanol–water partition coefficient (Wildman–Crippen LogP) is 4.81. The van der Waals surface area contributed by atoms with Crippen LogP contribution in [0.2, 0.25) is 0 Å². The minimum absolute atomic E-state index is 0.170. The number of carboxylic acids is 1. The van der Waals surface area contributed by atoms with E-state index in [1.54, 1.807) is 0 Å². The van der Waals surface area contributed by atoms with E-state index in [0.29, 0.717) is 22.7 Å². The first-order chi connectivity index (χ1) is 10.7. The van der Waals surface area contributed by atoms with Gasteiger partial charge in [0.2, 0.25) is 0 Å². The van der Waals surface area contributed by atoms with Crippen LogP contribution in [0, 0.1) is 22.7 Å². The zero-order valence-corrected chi connectivity index (χ0v) is 15.2. The summed E-state index contributed by atoms with van der Waals surface area (Å²) < 4.78 is 6.03. The summed E-state index contributed by atoms with van der Waals surface area (Å²) in [5.41, 5.74) is 1.77. The molecule has 1 N–H and O–H groups in total. The van der Waals surface area contributed by atoms with E-state index >= 15 is 0 Å². The van der Waals surface area contributed by atoms with E-state index in [2.05, 4.69) is 20.8 Å². The van der Waals surface area contributed by atoms with Crippen molar-refractivity contribution in [3.05, 3.63) is 11.6 Å². The van der Waals surface area contributed by atoms with Gasteiger partial charge >= 0.3 is 5.97 Å². The van der Waals surface area contributed by atoms with Crippen LogP contribution in [0.1, 0.15) is 72.6 Å². The minimum Gasteiger partial charge on any atom is -0.478 e. The Morgan fingerprint density at radius 3 is 2.61 bits per heavy atom. The number of carbonyl (C=O) groups is 1. The Bertz CT molecular complexity index is 519. The van der Waals surface area contributed by atoms with Gasteiger partial charge in [-0.1, -0.05) is 32.8 Å². The summed E-state index contributed by atoms with van der Waals surface area (Å²) in [6.45, 7) is 10.3. The summed E-state index contributed by atoms with van der Waals surface area (Å²) in [6, 6.07) is 0. The van der Waals surface area contributed by atoms with E-state index in [-0.39, 0.29) is 5.60 Å². The second kappa shape index (κ2) is 5.61. The topological polar surface area (TPSA) is 49.8 Å². The van der Waals surface area contributed by atoms with Crippen LogP contribution in [-0.2, 0) is 9.53 Å². The summed E-state index contributed by atoms with van der Waals surface area (Å²) in [5.74, 6) is 0.580. The molecule has 2 saturated carbocycles. The van der Waals surface area contributed by atoms with Crippen molar-refractivity contribution in [3.63, 3.8) is 0 Å². The van der Waals surface area contributed by atoms with Crippen LogP contribution >= 0.6 is 0 Å². The van der Waals surface area contributed by atoms with Crippen molar-refractivity contribution in [1.29, 1.82) is 0 Å². The Morgan fingerprint density at radius 1 is 1.30 bits per heavy atom. The third-order valence-electron chi connectivity index (χ3n) is 7.82. The van der Waals surface area contributed by atoms with Crippen LogP contribution < -0.4 is 0 Å². The van der Waals surface area contributed by atoms with Crippen LogP contribution in [0.25, 0.3) is 0 Å². The molecule has 0 amide bonds. The first kappa shape index (κ1) is 17.0. The summed E-state index contributed by atoms with van der Waals surface area (Å²) in [5, 5.41) is 8.95. The number of aliphatic carboxylic acids is 1. The van der Waals surface area contributed by atoms with Crippen LogP contribution in [0.4, 0.5) is 0 Å². The molecule has 3 fully saturated rings. The first-order valence-electron chi connectivity index (χ1n) is 9.28. The fourth-order valence-electron chi connectivity index (χ4n) is 5.89. The highest BCUT2D eigenvalue weighted by Crippen LogP contribution is 2.68. The molecular weight excluding hydrogens is 288 g/mol. The molecule has 0 aromatic carbocycles. The van der Waals surface area contributed by atoms with Crippen molar-refractivity contribution >= 4 is 5.97 Å². The number of fused-ring (bicyclic) bond motifs is 2. The molecule has 3 heteroatoms. The summed E-state index contributed by atoms with van der Waals surface area (Å²) in [7, 11) is 0. The second-order valence-corrected chi connectivity index (χ2v) is 8.92. The Morgan fingerprint density at radius 2 is 2.00 bits per heavy atom. The van der Waals surface area contributed by atoms with E-state index in [4.69, 9.17) is 9.84 Å². The van der Waals surface area contributed by atoms with Gasteiger partial charge in [0.25, 0.3) is 0 Å². The monoisotopic (exact) mass is 320 g/mol. The van der Waals surface area contributed by atoms with Crippen molar-refractivity contribution in [1.82, 2.24) is 0 Å². The van der Waals surface area contributed by atoms with Gasteiger partial charge in [-0.2, -0.15) is 0 Å². The average Bonchev–Trinajstić information content (AvgIpc) is 3.25. The average molecular weight is 320 g/mol. The number of rotatable bonds is 4. The lowest BCUT2D eigenvalue weighted by atomic mass is 9.44. The molecule has 0 radical (unpaired) electrons. The van der Waals surface area contributed by atoms with Crippen LogP contribution in [-0.4, -0.2) is 23.3 Å². The maximum atomic E-state index is 10.9. The lowest BCUT2D eigenvalue weighted by Crippen LogP contribution is -2.56. The number of ether oxygens (including phenoxy) is 1. The molecule has 0 aromatic rings. The zero-order valence-electron chi connectivity index (χ0n) is 15.2. The lowest BCUT2D eigenvalue weighted by molar-refractivity contribution is -0.131. The highest BCUT2D eigenvalue weighted by Gasteiger charge is 2.67.